The van der Waals surface area contributed by atoms with Crippen molar-refractivity contribution in [2.75, 3.05) is 37.9 Å². The van der Waals surface area contributed by atoms with Gasteiger partial charge < -0.3 is 5.32 Å². The Bertz CT molecular complexity index is 427. The largest absolute Gasteiger partial charge is 0.312 e. The lowest BCUT2D eigenvalue weighted by atomic mass is 10.3. The molecule has 96 valence electrons. The number of sulfone groups is 1. The van der Waals surface area contributed by atoms with E-state index in [0.717, 1.165) is 0 Å². The van der Waals surface area contributed by atoms with Crippen LogP contribution in [0.4, 0.5) is 0 Å². The molecule has 0 aliphatic carbocycles. The summed E-state index contributed by atoms with van der Waals surface area (Å²) in [7, 11) is -3.13. The Kier molecular flexibility index (Phi) is 4.33. The van der Waals surface area contributed by atoms with Crippen LogP contribution in [0.3, 0.4) is 0 Å². The molecule has 1 saturated heterocycles. The van der Waals surface area contributed by atoms with E-state index in [9.17, 15) is 16.8 Å². The molecule has 1 aliphatic heterocycles. The second-order valence-electron chi connectivity index (χ2n) is 4.15. The van der Waals surface area contributed by atoms with Crippen LogP contribution in [0.1, 0.15) is 6.42 Å². The van der Waals surface area contributed by atoms with Crippen LogP contribution in [0.25, 0.3) is 0 Å². The van der Waals surface area contributed by atoms with Gasteiger partial charge in [0.25, 0.3) is 0 Å². The molecule has 0 amide bonds. The minimum Gasteiger partial charge on any atom is -0.312 e. The van der Waals surface area contributed by atoms with Gasteiger partial charge in [-0.15, -0.1) is 0 Å². The second kappa shape index (κ2) is 4.99. The molecule has 1 fully saturated rings. The van der Waals surface area contributed by atoms with Crippen molar-refractivity contribution in [2.45, 2.75) is 12.5 Å². The summed E-state index contributed by atoms with van der Waals surface area (Å²) < 4.78 is 46.3. The van der Waals surface area contributed by atoms with Crippen LogP contribution < -0.4 is 5.32 Å². The van der Waals surface area contributed by atoms with Crippen molar-refractivity contribution >= 4 is 19.9 Å². The summed E-state index contributed by atoms with van der Waals surface area (Å²) in [4.78, 5) is 0. The Balaban J connectivity index is 2.33. The predicted molar refractivity (Wildman–Crippen MR) is 62.5 cm³/mol. The molecule has 6 nitrogen and oxygen atoms in total. The summed E-state index contributed by atoms with van der Waals surface area (Å²) in [5, 5.41) is 2.96. The van der Waals surface area contributed by atoms with Gasteiger partial charge in [-0.2, -0.15) is 0 Å². The molecular formula is C8H18N2O4S2. The summed E-state index contributed by atoms with van der Waals surface area (Å²) in [5.41, 5.74) is 0. The molecule has 1 unspecified atom stereocenters. The number of hydrogen-bond donors (Lipinski definition) is 1. The quantitative estimate of drug-likeness (QED) is 0.668. The van der Waals surface area contributed by atoms with E-state index in [1.165, 1.54) is 18.4 Å². The van der Waals surface area contributed by atoms with Gasteiger partial charge in [0.05, 0.1) is 17.3 Å². The van der Waals surface area contributed by atoms with Crippen LogP contribution in [-0.2, 0) is 19.9 Å². The first-order valence-corrected chi connectivity index (χ1v) is 8.50. The standard InChI is InChI=1S/C8H18N2O4S2/c1-10(2)16(13,14)6-4-9-8-3-5-15(11,12)7-8/h8-9H,3-7H2,1-2H3. The highest BCUT2D eigenvalue weighted by Gasteiger charge is 2.27. The molecule has 0 bridgehead atoms. The van der Waals surface area contributed by atoms with Crippen LogP contribution >= 0.6 is 0 Å². The zero-order valence-electron chi connectivity index (χ0n) is 9.51. The van der Waals surface area contributed by atoms with Crippen molar-refractivity contribution in [3.05, 3.63) is 0 Å². The number of hydrogen-bond acceptors (Lipinski definition) is 5. The molecule has 1 heterocycles. The summed E-state index contributed by atoms with van der Waals surface area (Å²) in [6.07, 6.45) is 0.574. The third kappa shape index (κ3) is 4.00. The summed E-state index contributed by atoms with van der Waals surface area (Å²) in [6, 6.07) is -0.0950. The van der Waals surface area contributed by atoms with Crippen molar-refractivity contribution in [2.24, 2.45) is 0 Å². The molecular weight excluding hydrogens is 252 g/mol. The van der Waals surface area contributed by atoms with Crippen molar-refractivity contribution in [3.63, 3.8) is 0 Å². The van der Waals surface area contributed by atoms with Gasteiger partial charge in [-0.05, 0) is 6.42 Å². The van der Waals surface area contributed by atoms with E-state index in [4.69, 9.17) is 0 Å². The Morgan fingerprint density at radius 2 is 2.00 bits per heavy atom. The van der Waals surface area contributed by atoms with Crippen molar-refractivity contribution in [1.82, 2.24) is 9.62 Å². The van der Waals surface area contributed by atoms with Crippen LogP contribution in [0.15, 0.2) is 0 Å². The lowest BCUT2D eigenvalue weighted by molar-refractivity contribution is 0.511. The van der Waals surface area contributed by atoms with Gasteiger partial charge in [-0.25, -0.2) is 21.1 Å². The molecule has 0 radical (unpaired) electrons. The van der Waals surface area contributed by atoms with Crippen molar-refractivity contribution < 1.29 is 16.8 Å². The summed E-state index contributed by atoms with van der Waals surface area (Å²) >= 11 is 0. The molecule has 0 aromatic carbocycles. The zero-order valence-corrected chi connectivity index (χ0v) is 11.1. The highest BCUT2D eigenvalue weighted by Crippen LogP contribution is 2.10. The maximum Gasteiger partial charge on any atom is 0.214 e. The number of nitrogens with zero attached hydrogens (tertiary/aromatic N) is 1. The SMILES string of the molecule is CN(C)S(=O)(=O)CCNC1CCS(=O)(=O)C1. The van der Waals surface area contributed by atoms with E-state index in [-0.39, 0.29) is 23.3 Å². The molecule has 0 spiro atoms. The van der Waals surface area contributed by atoms with E-state index in [2.05, 4.69) is 5.32 Å². The topological polar surface area (TPSA) is 83.6 Å². The van der Waals surface area contributed by atoms with Gasteiger partial charge in [0.15, 0.2) is 9.84 Å². The molecule has 1 rings (SSSR count). The highest BCUT2D eigenvalue weighted by atomic mass is 32.2. The average Bonchev–Trinajstić information content (AvgIpc) is 2.45. The normalized spacial score (nSPS) is 25.1. The van der Waals surface area contributed by atoms with E-state index in [0.29, 0.717) is 13.0 Å². The van der Waals surface area contributed by atoms with Gasteiger partial charge in [0.2, 0.25) is 10.0 Å². The molecule has 0 saturated carbocycles. The zero-order chi connectivity index (χ0) is 12.4. The van der Waals surface area contributed by atoms with Gasteiger partial charge in [-0.1, -0.05) is 0 Å². The number of nitrogens with one attached hydrogen (secondary N) is 1. The Morgan fingerprint density at radius 1 is 1.38 bits per heavy atom. The van der Waals surface area contributed by atoms with E-state index >= 15 is 0 Å². The fourth-order valence-corrected chi connectivity index (χ4v) is 3.98. The van der Waals surface area contributed by atoms with Crippen LogP contribution in [0.2, 0.25) is 0 Å². The first-order valence-electron chi connectivity index (χ1n) is 5.07. The Labute approximate surface area is 97.0 Å². The van der Waals surface area contributed by atoms with Gasteiger partial charge >= 0.3 is 0 Å². The maximum absolute atomic E-state index is 11.4. The molecule has 1 N–H and O–H groups in total. The van der Waals surface area contributed by atoms with Crippen molar-refractivity contribution in [3.8, 4) is 0 Å². The van der Waals surface area contributed by atoms with Crippen LogP contribution in [-0.4, -0.2) is 65.1 Å². The molecule has 1 aliphatic rings. The van der Waals surface area contributed by atoms with Gasteiger partial charge in [0.1, 0.15) is 0 Å². The molecule has 8 heteroatoms. The molecule has 16 heavy (non-hydrogen) atoms. The highest BCUT2D eigenvalue weighted by molar-refractivity contribution is 7.91. The first-order chi connectivity index (χ1) is 7.23. The monoisotopic (exact) mass is 270 g/mol. The fourth-order valence-electron chi connectivity index (χ4n) is 1.53. The summed E-state index contributed by atoms with van der Waals surface area (Å²) in [6.45, 7) is 0.292. The lowest BCUT2D eigenvalue weighted by Gasteiger charge is -2.13. The lowest BCUT2D eigenvalue weighted by Crippen LogP contribution is -2.36. The molecule has 0 aromatic heterocycles. The van der Waals surface area contributed by atoms with E-state index in [1.54, 1.807) is 0 Å². The van der Waals surface area contributed by atoms with Crippen LogP contribution in [0.5, 0.6) is 0 Å². The maximum atomic E-state index is 11.4. The second-order valence-corrected chi connectivity index (χ2v) is 8.68. The van der Waals surface area contributed by atoms with Crippen LogP contribution in [0, 0.1) is 0 Å². The first kappa shape index (κ1) is 13.9. The molecule has 1 atom stereocenters. The third-order valence-corrected chi connectivity index (χ3v) is 6.18. The minimum atomic E-state index is -3.20. The van der Waals surface area contributed by atoms with Gasteiger partial charge in [0, 0.05) is 26.7 Å². The average molecular weight is 270 g/mol. The number of rotatable bonds is 5. The van der Waals surface area contributed by atoms with E-state index < -0.39 is 19.9 Å². The third-order valence-electron chi connectivity index (χ3n) is 2.58. The Hall–Kier alpha value is -0.180. The van der Waals surface area contributed by atoms with E-state index in [1.807, 2.05) is 0 Å². The number of sulfonamides is 1. The predicted octanol–water partition coefficient (Wildman–Crippen LogP) is -1.35. The smallest absolute Gasteiger partial charge is 0.214 e. The van der Waals surface area contributed by atoms with Gasteiger partial charge in [-0.3, -0.25) is 0 Å². The Morgan fingerprint density at radius 3 is 2.44 bits per heavy atom. The van der Waals surface area contributed by atoms with Crippen molar-refractivity contribution in [1.29, 1.82) is 0 Å². The fraction of sp³-hybridized carbons (Fsp3) is 1.00. The minimum absolute atomic E-state index is 0.00342. The summed E-state index contributed by atoms with van der Waals surface area (Å²) in [5.74, 6) is 0.316. The molecule has 0 aromatic rings.